The van der Waals surface area contributed by atoms with Gasteiger partial charge in [-0.1, -0.05) is 6.92 Å². The Balaban J connectivity index is 2.56. The molecule has 0 spiro atoms. The van der Waals surface area contributed by atoms with Crippen molar-refractivity contribution in [1.29, 1.82) is 0 Å². The van der Waals surface area contributed by atoms with Crippen LogP contribution in [0.1, 0.15) is 27.2 Å². The summed E-state index contributed by atoms with van der Waals surface area (Å²) in [5.41, 5.74) is 6.22. The van der Waals surface area contributed by atoms with Crippen molar-refractivity contribution in [1.82, 2.24) is 4.31 Å². The number of nitrogens with two attached hydrogens (primary N) is 1. The fourth-order valence-corrected chi connectivity index (χ4v) is 3.52. The summed E-state index contributed by atoms with van der Waals surface area (Å²) >= 11 is 0. The van der Waals surface area contributed by atoms with E-state index in [0.29, 0.717) is 18.0 Å². The van der Waals surface area contributed by atoms with Crippen molar-refractivity contribution in [3.05, 3.63) is 24.3 Å². The largest absolute Gasteiger partial charge is 0.492 e. The van der Waals surface area contributed by atoms with Crippen LogP contribution in [-0.2, 0) is 10.0 Å². The molecule has 114 valence electrons. The Hall–Kier alpha value is -1.27. The average Bonchev–Trinajstić information content (AvgIpc) is 2.37. The molecule has 0 saturated heterocycles. The molecule has 0 aliphatic rings. The highest BCUT2D eigenvalue weighted by Crippen LogP contribution is 2.14. The number of rotatable bonds is 8. The SMILES string of the molecule is CCCN(C(C)C)S(=O)(=O)CCOc1ccc(N)cc1. The van der Waals surface area contributed by atoms with Crippen molar-refractivity contribution < 1.29 is 13.2 Å². The molecule has 0 amide bonds. The van der Waals surface area contributed by atoms with Gasteiger partial charge in [-0.05, 0) is 44.5 Å². The molecule has 0 atom stereocenters. The fraction of sp³-hybridized carbons (Fsp3) is 0.571. The third-order valence-corrected chi connectivity index (χ3v) is 4.87. The molecule has 0 radical (unpaired) electrons. The van der Waals surface area contributed by atoms with E-state index in [9.17, 15) is 8.42 Å². The molecule has 1 aromatic rings. The predicted molar refractivity (Wildman–Crippen MR) is 82.3 cm³/mol. The zero-order valence-electron chi connectivity index (χ0n) is 12.4. The third-order valence-electron chi connectivity index (χ3n) is 2.87. The minimum Gasteiger partial charge on any atom is -0.492 e. The van der Waals surface area contributed by atoms with Crippen molar-refractivity contribution >= 4 is 15.7 Å². The first-order chi connectivity index (χ1) is 9.36. The van der Waals surface area contributed by atoms with Crippen molar-refractivity contribution in [3.63, 3.8) is 0 Å². The second kappa shape index (κ2) is 7.50. The van der Waals surface area contributed by atoms with Gasteiger partial charge in [-0.15, -0.1) is 0 Å². The monoisotopic (exact) mass is 300 g/mol. The Bertz CT molecular complexity index is 498. The van der Waals surface area contributed by atoms with Crippen molar-refractivity contribution in [3.8, 4) is 5.75 Å². The number of sulfonamides is 1. The van der Waals surface area contributed by atoms with Crippen LogP contribution in [0.15, 0.2) is 24.3 Å². The zero-order valence-corrected chi connectivity index (χ0v) is 13.2. The third kappa shape index (κ3) is 5.02. The van der Waals surface area contributed by atoms with E-state index in [1.165, 1.54) is 4.31 Å². The van der Waals surface area contributed by atoms with Crippen LogP contribution < -0.4 is 10.5 Å². The molecule has 0 heterocycles. The molecule has 0 unspecified atom stereocenters. The van der Waals surface area contributed by atoms with E-state index in [4.69, 9.17) is 10.5 Å². The number of nitrogens with zero attached hydrogens (tertiary/aromatic N) is 1. The second-order valence-corrected chi connectivity index (χ2v) is 6.98. The Morgan fingerprint density at radius 1 is 1.25 bits per heavy atom. The quantitative estimate of drug-likeness (QED) is 0.746. The average molecular weight is 300 g/mol. The van der Waals surface area contributed by atoms with Crippen molar-refractivity contribution in [2.45, 2.75) is 33.2 Å². The van der Waals surface area contributed by atoms with Crippen molar-refractivity contribution in [2.75, 3.05) is 24.6 Å². The van der Waals surface area contributed by atoms with Gasteiger partial charge in [0.2, 0.25) is 10.0 Å². The first kappa shape index (κ1) is 16.8. The highest BCUT2D eigenvalue weighted by molar-refractivity contribution is 7.89. The number of nitrogen functional groups attached to an aromatic ring is 1. The fourth-order valence-electron chi connectivity index (χ4n) is 1.89. The molecule has 0 saturated carbocycles. The number of ether oxygens (including phenoxy) is 1. The van der Waals surface area contributed by atoms with E-state index in [1.807, 2.05) is 20.8 Å². The van der Waals surface area contributed by atoms with Gasteiger partial charge in [0.1, 0.15) is 12.4 Å². The van der Waals surface area contributed by atoms with Crippen LogP contribution in [0.3, 0.4) is 0 Å². The molecule has 0 aromatic heterocycles. The summed E-state index contributed by atoms with van der Waals surface area (Å²) in [6.07, 6.45) is 0.802. The summed E-state index contributed by atoms with van der Waals surface area (Å²) < 4.78 is 31.4. The van der Waals surface area contributed by atoms with Crippen LogP contribution in [0.4, 0.5) is 5.69 Å². The summed E-state index contributed by atoms with van der Waals surface area (Å²) in [6.45, 7) is 6.42. The second-order valence-electron chi connectivity index (χ2n) is 4.94. The van der Waals surface area contributed by atoms with E-state index < -0.39 is 10.0 Å². The van der Waals surface area contributed by atoms with Crippen molar-refractivity contribution in [2.24, 2.45) is 0 Å². The molecule has 6 heteroatoms. The van der Waals surface area contributed by atoms with Gasteiger partial charge >= 0.3 is 0 Å². The minimum atomic E-state index is -3.28. The standard InChI is InChI=1S/C14H24N2O3S/c1-4-9-16(12(2)3)20(17,18)11-10-19-14-7-5-13(15)6-8-14/h5-8,12H,4,9-11,15H2,1-3H3. The molecule has 0 bridgehead atoms. The van der Waals surface area contributed by atoms with E-state index in [1.54, 1.807) is 24.3 Å². The van der Waals surface area contributed by atoms with Gasteiger partial charge < -0.3 is 10.5 Å². The maximum atomic E-state index is 12.2. The molecular formula is C14H24N2O3S. The predicted octanol–water partition coefficient (Wildman–Crippen LogP) is 2.10. The highest BCUT2D eigenvalue weighted by Gasteiger charge is 2.23. The van der Waals surface area contributed by atoms with Gasteiger partial charge in [0, 0.05) is 18.3 Å². The molecule has 0 fully saturated rings. The lowest BCUT2D eigenvalue weighted by atomic mass is 10.3. The number of hydrogen-bond donors (Lipinski definition) is 1. The molecule has 1 aromatic carbocycles. The van der Waals surface area contributed by atoms with Gasteiger partial charge in [0.25, 0.3) is 0 Å². The Morgan fingerprint density at radius 2 is 1.85 bits per heavy atom. The lowest BCUT2D eigenvalue weighted by Gasteiger charge is -2.25. The van der Waals surface area contributed by atoms with E-state index in [-0.39, 0.29) is 18.4 Å². The van der Waals surface area contributed by atoms with Crippen LogP contribution >= 0.6 is 0 Å². The zero-order chi connectivity index (χ0) is 15.2. The number of anilines is 1. The Labute approximate surface area is 121 Å². The maximum Gasteiger partial charge on any atom is 0.217 e. The Kier molecular flexibility index (Phi) is 6.29. The van der Waals surface area contributed by atoms with E-state index in [0.717, 1.165) is 6.42 Å². The van der Waals surface area contributed by atoms with Gasteiger partial charge in [0.05, 0.1) is 5.75 Å². The van der Waals surface area contributed by atoms with E-state index in [2.05, 4.69) is 0 Å². The minimum absolute atomic E-state index is 0.0183. The molecule has 20 heavy (non-hydrogen) atoms. The van der Waals surface area contributed by atoms with Crippen LogP contribution in [0.25, 0.3) is 0 Å². The summed E-state index contributed by atoms with van der Waals surface area (Å²) in [4.78, 5) is 0. The molecule has 2 N–H and O–H groups in total. The number of benzene rings is 1. The van der Waals surface area contributed by atoms with Gasteiger partial charge in [-0.2, -0.15) is 4.31 Å². The maximum absolute atomic E-state index is 12.2. The van der Waals surface area contributed by atoms with E-state index >= 15 is 0 Å². The highest BCUT2D eigenvalue weighted by atomic mass is 32.2. The van der Waals surface area contributed by atoms with Crippen LogP contribution in [0, 0.1) is 0 Å². The normalized spacial score (nSPS) is 12.1. The molecule has 0 aliphatic heterocycles. The summed E-state index contributed by atoms with van der Waals surface area (Å²) in [7, 11) is -3.28. The topological polar surface area (TPSA) is 72.6 Å². The van der Waals surface area contributed by atoms with Crippen LogP contribution in [-0.4, -0.2) is 37.7 Å². The summed E-state index contributed by atoms with van der Waals surface area (Å²) in [6, 6.07) is 6.88. The lowest BCUT2D eigenvalue weighted by molar-refractivity contribution is 0.323. The Morgan fingerprint density at radius 3 is 2.35 bits per heavy atom. The molecule has 1 rings (SSSR count). The summed E-state index contributed by atoms with van der Waals surface area (Å²) in [5, 5.41) is 0. The van der Waals surface area contributed by atoms with Gasteiger partial charge in [-0.25, -0.2) is 8.42 Å². The van der Waals surface area contributed by atoms with Gasteiger partial charge in [0.15, 0.2) is 0 Å². The molecule has 5 nitrogen and oxygen atoms in total. The molecule has 0 aliphatic carbocycles. The smallest absolute Gasteiger partial charge is 0.217 e. The number of hydrogen-bond acceptors (Lipinski definition) is 4. The van der Waals surface area contributed by atoms with Crippen LogP contribution in [0.2, 0.25) is 0 Å². The lowest BCUT2D eigenvalue weighted by Crippen LogP contribution is -2.40. The molecular weight excluding hydrogens is 276 g/mol. The van der Waals surface area contributed by atoms with Gasteiger partial charge in [-0.3, -0.25) is 0 Å². The first-order valence-corrected chi connectivity index (χ1v) is 8.45. The summed E-state index contributed by atoms with van der Waals surface area (Å²) in [5.74, 6) is 0.608. The first-order valence-electron chi connectivity index (χ1n) is 6.84. The van der Waals surface area contributed by atoms with Crippen LogP contribution in [0.5, 0.6) is 5.75 Å².